The van der Waals surface area contributed by atoms with E-state index in [9.17, 15) is 29.7 Å². The predicted molar refractivity (Wildman–Crippen MR) is 222 cm³/mol. The second kappa shape index (κ2) is 24.2. The predicted octanol–water partition coefficient (Wildman–Crippen LogP) is 5.95. The summed E-state index contributed by atoms with van der Waals surface area (Å²) in [5.41, 5.74) is 0.981. The molecule has 0 spiro atoms. The van der Waals surface area contributed by atoms with Gasteiger partial charge >= 0.3 is 5.97 Å². The van der Waals surface area contributed by atoms with Gasteiger partial charge in [0.2, 0.25) is 17.7 Å². The van der Waals surface area contributed by atoms with Crippen molar-refractivity contribution >= 4 is 23.6 Å². The first kappa shape index (κ1) is 49.1. The van der Waals surface area contributed by atoms with Crippen LogP contribution in [0.2, 0.25) is 0 Å². The first-order valence-corrected chi connectivity index (χ1v) is 20.9. The summed E-state index contributed by atoms with van der Waals surface area (Å²) in [6, 6.07) is 0. The summed E-state index contributed by atoms with van der Waals surface area (Å²) in [5, 5.41) is 30.9. The van der Waals surface area contributed by atoms with Crippen LogP contribution < -0.4 is 0 Å². The number of esters is 1. The Labute approximate surface area is 357 Å². The summed E-state index contributed by atoms with van der Waals surface area (Å²) < 4.78 is 40.2. The standard InChI is InChI=1S/C44H64N4O13/c1-26-12-9-10-14-40-45-33(23-58-40)43-47-34(24-60-43)44-46-32(22-59-44)42(57-8)29(4)36(53)19-30(50)18-31(51)20-41(54)61-39(26)21-38(56-7)27(2)15-16-35(52)28(3)37(55-6)13-11-17-48(5)25-49/h10-11,14,17,22-24,26-31,37-39,42,49-51H,9,12-13,15-16,18-21,25H2,1-8H3/b14-10?,17-11-/t26-,27+,28+,29+,30+,31+,37-,38+,39+,42+/m1/s1. The number of nitrogens with zero attached hydrogens (tertiary/aromatic N) is 4. The van der Waals surface area contributed by atoms with Crippen molar-refractivity contribution in [1.29, 1.82) is 0 Å². The van der Waals surface area contributed by atoms with E-state index in [1.54, 1.807) is 45.4 Å². The number of hydrogen-bond donors (Lipinski definition) is 3. The van der Waals surface area contributed by atoms with Crippen LogP contribution in [0.1, 0.15) is 103 Å². The maximum Gasteiger partial charge on any atom is 0.308 e. The van der Waals surface area contributed by atoms with Crippen LogP contribution in [0.3, 0.4) is 0 Å². The van der Waals surface area contributed by atoms with Crippen molar-refractivity contribution in [2.75, 3.05) is 35.1 Å². The number of aliphatic hydroxyl groups excluding tert-OH is 3. The highest BCUT2D eigenvalue weighted by molar-refractivity contribution is 5.82. The Morgan fingerprint density at radius 3 is 2.33 bits per heavy atom. The topological polar surface area (TPSA) is 230 Å². The lowest BCUT2D eigenvalue weighted by Crippen LogP contribution is -2.35. The van der Waals surface area contributed by atoms with Crippen LogP contribution >= 0.6 is 0 Å². The van der Waals surface area contributed by atoms with Crippen LogP contribution in [0, 0.1) is 23.7 Å². The number of fused-ring (bicyclic) bond motifs is 8. The molecule has 0 radical (unpaired) electrons. The fourth-order valence-electron chi connectivity index (χ4n) is 7.38. The van der Waals surface area contributed by atoms with E-state index in [0.717, 1.165) is 0 Å². The molecule has 1 aliphatic heterocycles. The van der Waals surface area contributed by atoms with Crippen molar-refractivity contribution in [2.24, 2.45) is 23.7 Å². The van der Waals surface area contributed by atoms with E-state index in [4.69, 9.17) is 32.2 Å². The maximum atomic E-state index is 13.4. The molecule has 10 atom stereocenters. The van der Waals surface area contributed by atoms with Gasteiger partial charge in [-0.25, -0.2) is 15.0 Å². The lowest BCUT2D eigenvalue weighted by Gasteiger charge is -2.31. The summed E-state index contributed by atoms with van der Waals surface area (Å²) in [4.78, 5) is 55.0. The van der Waals surface area contributed by atoms with Gasteiger partial charge in [0.25, 0.3) is 0 Å². The van der Waals surface area contributed by atoms with E-state index in [1.807, 2.05) is 32.9 Å². The van der Waals surface area contributed by atoms with Crippen LogP contribution in [-0.2, 0) is 33.3 Å². The Balaban J connectivity index is 1.49. The average Bonchev–Trinajstić information content (AvgIpc) is 4.03. The Morgan fingerprint density at radius 2 is 1.62 bits per heavy atom. The number of hydrogen-bond acceptors (Lipinski definition) is 17. The molecule has 0 unspecified atom stereocenters. The molecule has 4 rings (SSSR count). The number of ketones is 2. The number of oxazole rings is 3. The van der Waals surface area contributed by atoms with E-state index in [1.165, 1.54) is 25.9 Å². The van der Waals surface area contributed by atoms with Gasteiger partial charge in [-0.1, -0.05) is 39.8 Å². The quantitative estimate of drug-likeness (QED) is 0.118. The molecular weight excluding hydrogens is 792 g/mol. The molecule has 0 aromatic carbocycles. The van der Waals surface area contributed by atoms with Gasteiger partial charge in [-0.3, -0.25) is 14.4 Å². The molecular formula is C44H64N4O13. The molecule has 0 saturated carbocycles. The highest BCUT2D eigenvalue weighted by atomic mass is 16.5. The van der Waals surface area contributed by atoms with Gasteiger partial charge in [0, 0.05) is 65.9 Å². The van der Waals surface area contributed by atoms with E-state index in [2.05, 4.69) is 15.0 Å². The molecule has 3 aromatic rings. The molecule has 338 valence electrons. The number of rotatable bonds is 15. The summed E-state index contributed by atoms with van der Waals surface area (Å²) in [6.45, 7) is 7.35. The van der Waals surface area contributed by atoms with Crippen molar-refractivity contribution in [3.63, 3.8) is 0 Å². The molecule has 61 heavy (non-hydrogen) atoms. The van der Waals surface area contributed by atoms with Crippen LogP contribution in [0.25, 0.3) is 29.2 Å². The van der Waals surface area contributed by atoms with Gasteiger partial charge in [-0.2, -0.15) is 0 Å². The van der Waals surface area contributed by atoms with Gasteiger partial charge in [0.15, 0.2) is 11.4 Å². The lowest BCUT2D eigenvalue weighted by atomic mass is 9.86. The highest BCUT2D eigenvalue weighted by Crippen LogP contribution is 2.32. The van der Waals surface area contributed by atoms with Gasteiger partial charge in [-0.15, -0.1) is 0 Å². The average molecular weight is 857 g/mol. The SMILES string of the molecule is CO[C@@H](C[C@@H]1OC(=O)C[C@@H](O)C[C@H](O)CC(=O)[C@H](C)[C@H](OC)c2coc(n2)-c2coc(n2)-c2coc(n2)C=CCC[C@H]1C)[C@@H](C)CCC(=O)[C@H](C)[C@@H](C/C=C\N(C)CO)OC. The molecule has 3 N–H and O–H groups in total. The number of carbonyl (C=O) groups is 3. The van der Waals surface area contributed by atoms with Gasteiger partial charge in [0.1, 0.15) is 55.0 Å². The monoisotopic (exact) mass is 856 g/mol. The molecule has 0 saturated heterocycles. The zero-order valence-corrected chi connectivity index (χ0v) is 36.6. The summed E-state index contributed by atoms with van der Waals surface area (Å²) in [6.07, 6.45) is 8.71. The second-order valence-electron chi connectivity index (χ2n) is 16.1. The van der Waals surface area contributed by atoms with E-state index in [-0.39, 0.29) is 72.9 Å². The van der Waals surface area contributed by atoms with Crippen LogP contribution in [-0.4, -0.2) is 118 Å². The maximum absolute atomic E-state index is 13.4. The smallest absolute Gasteiger partial charge is 0.308 e. The third-order valence-corrected chi connectivity index (χ3v) is 11.4. The zero-order valence-electron chi connectivity index (χ0n) is 36.6. The van der Waals surface area contributed by atoms with Crippen molar-refractivity contribution < 1.29 is 61.9 Å². The number of aliphatic hydroxyl groups is 3. The molecule has 0 fully saturated rings. The third-order valence-electron chi connectivity index (χ3n) is 11.4. The molecule has 17 nitrogen and oxygen atoms in total. The van der Waals surface area contributed by atoms with Crippen molar-refractivity contribution in [3.05, 3.63) is 48.7 Å². The first-order valence-electron chi connectivity index (χ1n) is 20.9. The van der Waals surface area contributed by atoms with Crippen LogP contribution in [0.4, 0.5) is 0 Å². The Bertz CT molecular complexity index is 1870. The summed E-state index contributed by atoms with van der Waals surface area (Å²) in [5.74, 6) is -1.65. The molecule has 0 amide bonds. The molecule has 4 heterocycles. The second-order valence-corrected chi connectivity index (χ2v) is 16.1. The minimum atomic E-state index is -1.28. The lowest BCUT2D eigenvalue weighted by molar-refractivity contribution is -0.157. The van der Waals surface area contributed by atoms with Crippen LogP contribution in [0.15, 0.2) is 50.4 Å². The number of methoxy groups -OCH3 is 3. The normalized spacial score (nSPS) is 24.4. The number of cyclic esters (lactones) is 1. The number of ether oxygens (including phenoxy) is 4. The van der Waals surface area contributed by atoms with E-state index < -0.39 is 42.7 Å². The Kier molecular flexibility index (Phi) is 19.5. The van der Waals surface area contributed by atoms with Gasteiger partial charge in [0.05, 0.1) is 30.8 Å². The third kappa shape index (κ3) is 14.5. The zero-order chi connectivity index (χ0) is 44.6. The number of aromatic nitrogens is 3. The number of carbonyl (C=O) groups excluding carboxylic acids is 3. The van der Waals surface area contributed by atoms with E-state index in [0.29, 0.717) is 61.5 Å². The molecule has 17 heteroatoms. The Morgan fingerprint density at radius 1 is 0.951 bits per heavy atom. The largest absolute Gasteiger partial charge is 0.462 e. The highest BCUT2D eigenvalue weighted by Gasteiger charge is 2.33. The summed E-state index contributed by atoms with van der Waals surface area (Å²) >= 11 is 0. The number of allylic oxidation sites excluding steroid dienone is 1. The van der Waals surface area contributed by atoms with Crippen LogP contribution in [0.5, 0.6) is 0 Å². The minimum absolute atomic E-state index is 0.0574. The molecule has 1 aliphatic rings. The Hall–Kier alpha value is -4.52. The fraction of sp³-hybridized carbons (Fsp3) is 0.636. The molecule has 3 aromatic heterocycles. The van der Waals surface area contributed by atoms with Crippen molar-refractivity contribution in [3.8, 4) is 23.2 Å². The first-order chi connectivity index (χ1) is 29.2. The van der Waals surface area contributed by atoms with Gasteiger partial charge < -0.3 is 52.4 Å². The number of Topliss-reactive ketones (excluding diaryl/α,β-unsaturated/α-hetero) is 2. The van der Waals surface area contributed by atoms with Gasteiger partial charge in [-0.05, 0) is 49.8 Å². The van der Waals surface area contributed by atoms with Crippen molar-refractivity contribution in [2.45, 2.75) is 122 Å². The summed E-state index contributed by atoms with van der Waals surface area (Å²) in [7, 11) is 6.34. The fourth-order valence-corrected chi connectivity index (χ4v) is 7.38. The van der Waals surface area contributed by atoms with E-state index >= 15 is 0 Å². The molecule has 0 aliphatic carbocycles. The van der Waals surface area contributed by atoms with Crippen molar-refractivity contribution in [1.82, 2.24) is 19.9 Å². The molecule has 6 bridgehead atoms. The minimum Gasteiger partial charge on any atom is -0.462 e.